The number of nitrogens with zero attached hydrogens (tertiary/aromatic N) is 2. The van der Waals surface area contributed by atoms with E-state index in [-0.39, 0.29) is 17.3 Å². The summed E-state index contributed by atoms with van der Waals surface area (Å²) in [4.78, 5) is 20.9. The van der Waals surface area contributed by atoms with Gasteiger partial charge in [-0.05, 0) is 43.3 Å². The molecule has 6 nitrogen and oxygen atoms in total. The number of aromatic nitrogens is 2. The monoisotopic (exact) mass is 386 g/mol. The van der Waals surface area contributed by atoms with Gasteiger partial charge in [0, 0.05) is 11.4 Å². The number of amides is 1. The van der Waals surface area contributed by atoms with Gasteiger partial charge in [0.05, 0.1) is 17.8 Å². The topological polar surface area (TPSA) is 76.1 Å². The lowest BCUT2D eigenvalue weighted by Gasteiger charge is -2.10. The fourth-order valence-corrected chi connectivity index (χ4v) is 2.62. The molecule has 0 atom stereocenters. The lowest BCUT2D eigenvalue weighted by atomic mass is 10.2. The van der Waals surface area contributed by atoms with Crippen LogP contribution in [0.25, 0.3) is 0 Å². The van der Waals surface area contributed by atoms with Gasteiger partial charge in [-0.3, -0.25) is 4.79 Å². The Hall–Kier alpha value is -3.19. The molecule has 2 aromatic carbocycles. The maximum Gasteiger partial charge on any atom is 0.274 e. The van der Waals surface area contributed by atoms with Crippen molar-refractivity contribution in [1.29, 1.82) is 0 Å². The van der Waals surface area contributed by atoms with Crippen LogP contribution in [0.3, 0.4) is 0 Å². The highest BCUT2D eigenvalue weighted by Crippen LogP contribution is 2.27. The molecule has 0 aliphatic carbocycles. The zero-order valence-corrected chi connectivity index (χ0v) is 15.3. The summed E-state index contributed by atoms with van der Waals surface area (Å²) < 4.78 is 18.9. The van der Waals surface area contributed by atoms with Crippen LogP contribution in [0.4, 0.5) is 21.7 Å². The molecule has 0 unspecified atom stereocenters. The molecule has 1 heterocycles. The predicted octanol–water partition coefficient (Wildman–Crippen LogP) is 4.58. The van der Waals surface area contributed by atoms with Gasteiger partial charge in [-0.2, -0.15) is 0 Å². The molecule has 2 N–H and O–H groups in total. The Labute approximate surface area is 160 Å². The number of carbonyl (C=O) groups is 1. The number of anilines is 3. The van der Waals surface area contributed by atoms with Gasteiger partial charge in [0.25, 0.3) is 5.91 Å². The number of aryl methyl sites for hydroxylation is 1. The van der Waals surface area contributed by atoms with Crippen molar-refractivity contribution < 1.29 is 13.9 Å². The molecule has 0 aliphatic rings. The molecule has 3 aromatic rings. The molecular weight excluding hydrogens is 371 g/mol. The van der Waals surface area contributed by atoms with E-state index < -0.39 is 11.7 Å². The predicted molar refractivity (Wildman–Crippen MR) is 102 cm³/mol. The van der Waals surface area contributed by atoms with Gasteiger partial charge >= 0.3 is 0 Å². The van der Waals surface area contributed by atoms with Crippen molar-refractivity contribution >= 4 is 34.8 Å². The molecular formula is C19H16ClFN4O2. The van der Waals surface area contributed by atoms with E-state index in [0.717, 1.165) is 0 Å². The Balaban J connectivity index is 1.82. The fourth-order valence-electron chi connectivity index (χ4n) is 2.36. The van der Waals surface area contributed by atoms with Gasteiger partial charge in [0.1, 0.15) is 17.3 Å². The first-order valence-electron chi connectivity index (χ1n) is 7.98. The molecule has 3 rings (SSSR count). The minimum absolute atomic E-state index is 0.123. The third kappa shape index (κ3) is 4.51. The largest absolute Gasteiger partial charge is 0.495 e. The van der Waals surface area contributed by atoms with Gasteiger partial charge in [-0.25, -0.2) is 14.4 Å². The highest BCUT2D eigenvalue weighted by atomic mass is 35.5. The van der Waals surface area contributed by atoms with Gasteiger partial charge in [-0.15, -0.1) is 0 Å². The van der Waals surface area contributed by atoms with Crippen LogP contribution in [0.2, 0.25) is 5.02 Å². The molecule has 0 aliphatic heterocycles. The summed E-state index contributed by atoms with van der Waals surface area (Å²) in [7, 11) is 1.51. The Morgan fingerprint density at radius 1 is 1.15 bits per heavy atom. The minimum atomic E-state index is -0.446. The van der Waals surface area contributed by atoms with E-state index in [1.807, 2.05) is 0 Å². The second-order valence-electron chi connectivity index (χ2n) is 5.63. The maximum atomic E-state index is 13.8. The van der Waals surface area contributed by atoms with Crippen LogP contribution in [0, 0.1) is 12.7 Å². The summed E-state index contributed by atoms with van der Waals surface area (Å²) in [6, 6.07) is 12.6. The normalized spacial score (nSPS) is 10.4. The van der Waals surface area contributed by atoms with E-state index in [2.05, 4.69) is 20.6 Å². The average molecular weight is 387 g/mol. The molecule has 27 heavy (non-hydrogen) atoms. The standard InChI is InChI=1S/C19H16ClFN4O2/c1-11-9-16(18(26)23-12-7-8-17(27-2)13(20)10-12)25-19(22-11)24-15-6-4-3-5-14(15)21/h3-10H,1-2H3,(H,23,26)(H,22,24,25). The summed E-state index contributed by atoms with van der Waals surface area (Å²) >= 11 is 6.07. The molecule has 0 bridgehead atoms. The van der Waals surface area contributed by atoms with Gasteiger partial charge < -0.3 is 15.4 Å². The first-order chi connectivity index (χ1) is 13.0. The number of methoxy groups -OCH3 is 1. The van der Waals surface area contributed by atoms with Crippen LogP contribution in [-0.2, 0) is 0 Å². The number of carbonyl (C=O) groups excluding carboxylic acids is 1. The van der Waals surface area contributed by atoms with Crippen molar-refractivity contribution in [2.75, 3.05) is 17.7 Å². The van der Waals surface area contributed by atoms with Crippen LogP contribution >= 0.6 is 11.6 Å². The summed E-state index contributed by atoms with van der Waals surface area (Å²) in [5, 5.41) is 5.86. The fraction of sp³-hybridized carbons (Fsp3) is 0.105. The van der Waals surface area contributed by atoms with Crippen LogP contribution in [0.5, 0.6) is 5.75 Å². The molecule has 0 saturated heterocycles. The number of para-hydroxylation sites is 1. The van der Waals surface area contributed by atoms with E-state index in [4.69, 9.17) is 16.3 Å². The number of nitrogens with one attached hydrogen (secondary N) is 2. The second kappa shape index (κ2) is 8.01. The number of hydrogen-bond acceptors (Lipinski definition) is 5. The van der Waals surface area contributed by atoms with Crippen LogP contribution in [-0.4, -0.2) is 23.0 Å². The number of benzene rings is 2. The van der Waals surface area contributed by atoms with E-state index in [1.165, 1.54) is 19.2 Å². The number of hydrogen-bond donors (Lipinski definition) is 2. The number of halogens is 2. The summed E-state index contributed by atoms with van der Waals surface area (Å²) in [6.45, 7) is 1.72. The average Bonchev–Trinajstić information content (AvgIpc) is 2.63. The molecule has 0 saturated carbocycles. The Morgan fingerprint density at radius 3 is 2.63 bits per heavy atom. The van der Waals surface area contributed by atoms with Crippen LogP contribution in [0.1, 0.15) is 16.2 Å². The zero-order valence-electron chi connectivity index (χ0n) is 14.6. The van der Waals surface area contributed by atoms with Crippen molar-refractivity contribution in [2.45, 2.75) is 6.92 Å². The number of ether oxygens (including phenoxy) is 1. The molecule has 0 spiro atoms. The third-order valence-electron chi connectivity index (χ3n) is 3.62. The van der Waals surface area contributed by atoms with Crippen LogP contribution < -0.4 is 15.4 Å². The van der Waals surface area contributed by atoms with Crippen molar-refractivity contribution in [3.8, 4) is 5.75 Å². The quantitative estimate of drug-likeness (QED) is 0.671. The highest BCUT2D eigenvalue weighted by Gasteiger charge is 2.13. The second-order valence-corrected chi connectivity index (χ2v) is 6.03. The lowest BCUT2D eigenvalue weighted by Crippen LogP contribution is -2.15. The SMILES string of the molecule is COc1ccc(NC(=O)c2cc(C)nc(Nc3ccccc3F)n2)cc1Cl. The van der Waals surface area contributed by atoms with Crippen molar-refractivity contribution in [3.63, 3.8) is 0 Å². The molecule has 138 valence electrons. The highest BCUT2D eigenvalue weighted by molar-refractivity contribution is 6.32. The van der Waals surface area contributed by atoms with Crippen molar-refractivity contribution in [1.82, 2.24) is 9.97 Å². The van der Waals surface area contributed by atoms with Gasteiger partial charge in [0.15, 0.2) is 0 Å². The lowest BCUT2D eigenvalue weighted by molar-refractivity contribution is 0.102. The Bertz CT molecular complexity index is 997. The van der Waals surface area contributed by atoms with E-state index in [9.17, 15) is 9.18 Å². The molecule has 0 radical (unpaired) electrons. The maximum absolute atomic E-state index is 13.8. The van der Waals surface area contributed by atoms with E-state index in [0.29, 0.717) is 22.2 Å². The summed E-state index contributed by atoms with van der Waals surface area (Å²) in [6.07, 6.45) is 0. The smallest absolute Gasteiger partial charge is 0.274 e. The third-order valence-corrected chi connectivity index (χ3v) is 3.91. The molecule has 1 aromatic heterocycles. The minimum Gasteiger partial charge on any atom is -0.495 e. The van der Waals surface area contributed by atoms with Crippen molar-refractivity contribution in [2.24, 2.45) is 0 Å². The molecule has 0 fully saturated rings. The van der Waals surface area contributed by atoms with E-state index >= 15 is 0 Å². The Morgan fingerprint density at radius 2 is 1.93 bits per heavy atom. The molecule has 8 heteroatoms. The number of rotatable bonds is 5. The van der Waals surface area contributed by atoms with Gasteiger partial charge in [0.2, 0.25) is 5.95 Å². The van der Waals surface area contributed by atoms with E-state index in [1.54, 1.807) is 43.3 Å². The zero-order chi connectivity index (χ0) is 19.4. The first kappa shape index (κ1) is 18.6. The molecule has 1 amide bonds. The summed E-state index contributed by atoms with van der Waals surface area (Å²) in [5.74, 6) is -0.262. The van der Waals surface area contributed by atoms with Gasteiger partial charge in [-0.1, -0.05) is 23.7 Å². The first-order valence-corrected chi connectivity index (χ1v) is 8.36. The summed E-state index contributed by atoms with van der Waals surface area (Å²) in [5.41, 5.74) is 1.40. The Kier molecular flexibility index (Phi) is 5.52. The van der Waals surface area contributed by atoms with Crippen LogP contribution in [0.15, 0.2) is 48.5 Å². The van der Waals surface area contributed by atoms with Crippen molar-refractivity contribution in [3.05, 3.63) is 70.8 Å².